The van der Waals surface area contributed by atoms with Crippen LogP contribution in [0.4, 0.5) is 0 Å². The Hall–Kier alpha value is -1.00. The molecule has 0 saturated carbocycles. The first-order valence-corrected chi connectivity index (χ1v) is 6.85. The molecule has 18 heavy (non-hydrogen) atoms. The molecule has 4 heteroatoms. The second-order valence-electron chi connectivity index (χ2n) is 4.96. The van der Waals surface area contributed by atoms with Crippen LogP contribution in [0.5, 0.6) is 0 Å². The normalized spacial score (nSPS) is 20.5. The highest BCUT2D eigenvalue weighted by atomic mass is 16.5. The number of aromatic nitrogens is 2. The average Bonchev–Trinajstić information content (AvgIpc) is 2.39. The van der Waals surface area contributed by atoms with Gasteiger partial charge in [-0.15, -0.1) is 0 Å². The molecule has 2 unspecified atom stereocenters. The van der Waals surface area contributed by atoms with E-state index in [1.54, 1.807) is 0 Å². The minimum absolute atomic E-state index is 0.00432. The summed E-state index contributed by atoms with van der Waals surface area (Å²) in [5.74, 6) is 1.55. The van der Waals surface area contributed by atoms with E-state index in [0.29, 0.717) is 6.61 Å². The summed E-state index contributed by atoms with van der Waals surface area (Å²) in [6.07, 6.45) is 5.37. The first-order valence-electron chi connectivity index (χ1n) is 6.85. The Morgan fingerprint density at radius 1 is 1.56 bits per heavy atom. The summed E-state index contributed by atoms with van der Waals surface area (Å²) in [7, 11) is 2.01. The highest BCUT2D eigenvalue weighted by Crippen LogP contribution is 2.24. The van der Waals surface area contributed by atoms with E-state index < -0.39 is 0 Å². The lowest BCUT2D eigenvalue weighted by Gasteiger charge is -2.24. The van der Waals surface area contributed by atoms with Crippen LogP contribution < -0.4 is 5.32 Å². The SMILES string of the molecule is CCOC(C)c1ncc2c(n1)CCC(CNC)C2. The molecule has 1 heterocycles. The fraction of sp³-hybridized carbons (Fsp3) is 0.714. The highest BCUT2D eigenvalue weighted by Gasteiger charge is 2.21. The number of nitrogens with one attached hydrogen (secondary N) is 1. The number of hydrogen-bond acceptors (Lipinski definition) is 4. The Kier molecular flexibility index (Phi) is 4.66. The number of hydrogen-bond donors (Lipinski definition) is 1. The van der Waals surface area contributed by atoms with Crippen molar-refractivity contribution < 1.29 is 4.74 Å². The maximum absolute atomic E-state index is 5.54. The maximum Gasteiger partial charge on any atom is 0.157 e. The van der Waals surface area contributed by atoms with Crippen LogP contribution in [0.3, 0.4) is 0 Å². The summed E-state index contributed by atoms with van der Waals surface area (Å²) in [6, 6.07) is 0. The maximum atomic E-state index is 5.54. The van der Waals surface area contributed by atoms with Crippen LogP contribution in [0.15, 0.2) is 6.20 Å². The lowest BCUT2D eigenvalue weighted by molar-refractivity contribution is 0.0697. The van der Waals surface area contributed by atoms with Gasteiger partial charge in [0.05, 0.1) is 0 Å². The molecular formula is C14H23N3O. The van der Waals surface area contributed by atoms with E-state index in [9.17, 15) is 0 Å². The quantitative estimate of drug-likeness (QED) is 0.866. The largest absolute Gasteiger partial charge is 0.371 e. The number of fused-ring (bicyclic) bond motifs is 1. The Labute approximate surface area is 109 Å². The molecule has 0 aromatic carbocycles. The molecule has 100 valence electrons. The minimum atomic E-state index is -0.00432. The molecule has 0 radical (unpaired) electrons. The van der Waals surface area contributed by atoms with Gasteiger partial charge in [0.2, 0.25) is 0 Å². The fourth-order valence-electron chi connectivity index (χ4n) is 2.58. The Balaban J connectivity index is 2.09. The van der Waals surface area contributed by atoms with Gasteiger partial charge in [0.1, 0.15) is 6.10 Å². The van der Waals surface area contributed by atoms with Gasteiger partial charge >= 0.3 is 0 Å². The minimum Gasteiger partial charge on any atom is -0.371 e. The average molecular weight is 249 g/mol. The van der Waals surface area contributed by atoms with Crippen LogP contribution in [-0.2, 0) is 17.6 Å². The molecule has 1 aromatic rings. The summed E-state index contributed by atoms with van der Waals surface area (Å²) in [6.45, 7) is 5.79. The number of aryl methyl sites for hydroxylation is 1. The van der Waals surface area contributed by atoms with Gasteiger partial charge in [0.15, 0.2) is 5.82 Å². The third-order valence-corrected chi connectivity index (χ3v) is 3.54. The van der Waals surface area contributed by atoms with Crippen molar-refractivity contribution in [1.82, 2.24) is 15.3 Å². The molecule has 0 aliphatic heterocycles. The predicted molar refractivity (Wildman–Crippen MR) is 71.5 cm³/mol. The lowest BCUT2D eigenvalue weighted by Crippen LogP contribution is -2.26. The summed E-state index contributed by atoms with van der Waals surface area (Å²) >= 11 is 0. The van der Waals surface area contributed by atoms with E-state index in [0.717, 1.165) is 31.1 Å². The second-order valence-corrected chi connectivity index (χ2v) is 4.96. The second kappa shape index (κ2) is 6.25. The van der Waals surface area contributed by atoms with Crippen LogP contribution in [0.2, 0.25) is 0 Å². The molecule has 1 aliphatic rings. The van der Waals surface area contributed by atoms with Crippen molar-refractivity contribution in [1.29, 1.82) is 0 Å². The topological polar surface area (TPSA) is 47.0 Å². The van der Waals surface area contributed by atoms with E-state index in [1.165, 1.54) is 17.7 Å². The van der Waals surface area contributed by atoms with Crippen LogP contribution in [0.1, 0.15) is 43.5 Å². The van der Waals surface area contributed by atoms with Gasteiger partial charge in [0.25, 0.3) is 0 Å². The van der Waals surface area contributed by atoms with Crippen LogP contribution in [0.25, 0.3) is 0 Å². The van der Waals surface area contributed by atoms with Crippen molar-refractivity contribution >= 4 is 0 Å². The molecule has 1 aliphatic carbocycles. The number of ether oxygens (including phenoxy) is 1. The van der Waals surface area contributed by atoms with E-state index in [4.69, 9.17) is 4.74 Å². The van der Waals surface area contributed by atoms with Gasteiger partial charge in [-0.2, -0.15) is 0 Å². The molecule has 2 atom stereocenters. The summed E-state index contributed by atoms with van der Waals surface area (Å²) in [4.78, 5) is 9.12. The standard InChI is InChI=1S/C14H23N3O/c1-4-18-10(2)14-16-9-12-7-11(8-15-3)5-6-13(12)17-14/h9-11,15H,4-8H2,1-3H3. The number of rotatable bonds is 5. The molecule has 0 fully saturated rings. The predicted octanol–water partition coefficient (Wildman–Crippen LogP) is 1.90. The van der Waals surface area contributed by atoms with Crippen molar-refractivity contribution in [2.75, 3.05) is 20.2 Å². The van der Waals surface area contributed by atoms with Gasteiger partial charge < -0.3 is 10.1 Å². The lowest BCUT2D eigenvalue weighted by atomic mass is 9.87. The van der Waals surface area contributed by atoms with Crippen LogP contribution in [-0.4, -0.2) is 30.2 Å². The van der Waals surface area contributed by atoms with Gasteiger partial charge in [-0.05, 0) is 58.2 Å². The first-order chi connectivity index (χ1) is 8.74. The van der Waals surface area contributed by atoms with E-state index in [1.807, 2.05) is 27.1 Å². The Bertz CT molecular complexity index is 395. The summed E-state index contributed by atoms with van der Waals surface area (Å²) in [5, 5.41) is 3.25. The highest BCUT2D eigenvalue weighted by molar-refractivity contribution is 5.22. The van der Waals surface area contributed by atoms with Crippen molar-refractivity contribution in [3.05, 3.63) is 23.3 Å². The van der Waals surface area contributed by atoms with E-state index >= 15 is 0 Å². The molecule has 0 amide bonds. The van der Waals surface area contributed by atoms with Gasteiger partial charge in [-0.3, -0.25) is 0 Å². The molecule has 0 spiro atoms. The molecular weight excluding hydrogens is 226 g/mol. The smallest absolute Gasteiger partial charge is 0.157 e. The number of nitrogens with zero attached hydrogens (tertiary/aromatic N) is 2. The zero-order chi connectivity index (χ0) is 13.0. The Morgan fingerprint density at radius 3 is 3.11 bits per heavy atom. The van der Waals surface area contributed by atoms with Gasteiger partial charge in [-0.1, -0.05) is 0 Å². The Morgan fingerprint density at radius 2 is 2.39 bits per heavy atom. The third-order valence-electron chi connectivity index (χ3n) is 3.54. The van der Waals surface area contributed by atoms with Crippen molar-refractivity contribution in [2.24, 2.45) is 5.92 Å². The van der Waals surface area contributed by atoms with Gasteiger partial charge in [0, 0.05) is 18.5 Å². The van der Waals surface area contributed by atoms with Crippen molar-refractivity contribution in [2.45, 2.75) is 39.2 Å². The zero-order valence-corrected chi connectivity index (χ0v) is 11.6. The monoisotopic (exact) mass is 249 g/mol. The summed E-state index contributed by atoms with van der Waals surface area (Å²) < 4.78 is 5.54. The van der Waals surface area contributed by atoms with E-state index in [-0.39, 0.29) is 6.10 Å². The van der Waals surface area contributed by atoms with Crippen LogP contribution in [0, 0.1) is 5.92 Å². The zero-order valence-electron chi connectivity index (χ0n) is 11.6. The molecule has 0 saturated heterocycles. The third kappa shape index (κ3) is 3.06. The van der Waals surface area contributed by atoms with Gasteiger partial charge in [-0.25, -0.2) is 9.97 Å². The molecule has 1 N–H and O–H groups in total. The fourth-order valence-corrected chi connectivity index (χ4v) is 2.58. The molecule has 4 nitrogen and oxygen atoms in total. The molecule has 1 aromatic heterocycles. The van der Waals surface area contributed by atoms with Crippen molar-refractivity contribution in [3.8, 4) is 0 Å². The summed E-state index contributed by atoms with van der Waals surface area (Å²) in [5.41, 5.74) is 2.54. The molecule has 0 bridgehead atoms. The first kappa shape index (κ1) is 13.4. The molecule has 2 rings (SSSR count). The van der Waals surface area contributed by atoms with Crippen LogP contribution >= 0.6 is 0 Å². The van der Waals surface area contributed by atoms with E-state index in [2.05, 4.69) is 15.3 Å². The van der Waals surface area contributed by atoms with Crippen molar-refractivity contribution in [3.63, 3.8) is 0 Å².